The van der Waals surface area contributed by atoms with E-state index in [9.17, 15) is 19.2 Å². The molecule has 2 heterocycles. The first kappa shape index (κ1) is 26.1. The number of nitrogens with one attached hydrogen (secondary N) is 2. The van der Waals surface area contributed by atoms with E-state index in [1.807, 2.05) is 19.2 Å². The van der Waals surface area contributed by atoms with Gasteiger partial charge in [-0.2, -0.15) is 0 Å². The van der Waals surface area contributed by atoms with Gasteiger partial charge >= 0.3 is 11.9 Å². The monoisotopic (exact) mass is 499 g/mol. The number of carbonyl (C=O) groups is 3. The summed E-state index contributed by atoms with van der Waals surface area (Å²) in [5.41, 5.74) is 1.54. The van der Waals surface area contributed by atoms with Gasteiger partial charge in [0, 0.05) is 12.8 Å². The second-order valence-corrected chi connectivity index (χ2v) is 9.26. The van der Waals surface area contributed by atoms with Crippen molar-refractivity contribution in [3.8, 4) is 0 Å². The number of carbonyl (C=O) groups excluding carboxylic acids is 3. The molecule has 9 nitrogen and oxygen atoms in total. The lowest BCUT2D eigenvalue weighted by Gasteiger charge is -2.10. The van der Waals surface area contributed by atoms with Crippen LogP contribution < -0.4 is 10.9 Å². The normalized spacial score (nSPS) is 11.0. The molecule has 0 atom stereocenters. The molecule has 0 aliphatic heterocycles. The number of anilines is 1. The first-order valence-electron chi connectivity index (χ1n) is 11.5. The van der Waals surface area contributed by atoms with Gasteiger partial charge in [-0.05, 0) is 48.8 Å². The van der Waals surface area contributed by atoms with Crippen LogP contribution in [0.1, 0.15) is 55.4 Å². The molecule has 2 N–H and O–H groups in total. The maximum atomic E-state index is 12.4. The van der Waals surface area contributed by atoms with Crippen LogP contribution in [0.4, 0.5) is 5.00 Å². The minimum atomic E-state index is -0.541. The Kier molecular flexibility index (Phi) is 9.13. The summed E-state index contributed by atoms with van der Waals surface area (Å²) >= 11 is 1.24. The van der Waals surface area contributed by atoms with Crippen LogP contribution in [0.3, 0.4) is 0 Å². The Bertz CT molecular complexity index is 1260. The highest BCUT2D eigenvalue weighted by molar-refractivity contribution is 7.15. The van der Waals surface area contributed by atoms with Crippen LogP contribution in [0.2, 0.25) is 0 Å². The number of hydrogen-bond donors (Lipinski definition) is 2. The first-order valence-corrected chi connectivity index (χ1v) is 12.4. The van der Waals surface area contributed by atoms with E-state index in [0.29, 0.717) is 52.5 Å². The van der Waals surface area contributed by atoms with Crippen molar-refractivity contribution in [3.63, 3.8) is 0 Å². The Morgan fingerprint density at radius 1 is 1.17 bits per heavy atom. The number of fused-ring (bicyclic) bond motifs is 1. The number of H-pyrrole nitrogens is 1. The summed E-state index contributed by atoms with van der Waals surface area (Å²) in [5.74, 6) is -0.759. The fourth-order valence-electron chi connectivity index (χ4n) is 3.54. The second-order valence-electron chi connectivity index (χ2n) is 8.38. The number of benzene rings is 1. The highest BCUT2D eigenvalue weighted by Gasteiger charge is 2.22. The number of rotatable bonds is 11. The SMILES string of the molecule is CCOC(=O)c1c(CC(C)C)csc1NC(=O)COC(=O)CCCc1nc2ccccc2c(=O)[nH]1. The number of hydrogen-bond acceptors (Lipinski definition) is 8. The van der Waals surface area contributed by atoms with Crippen LogP contribution in [0.25, 0.3) is 10.9 Å². The molecular formula is C25H29N3O6S. The van der Waals surface area contributed by atoms with Crippen molar-refractivity contribution in [3.05, 3.63) is 57.0 Å². The number of amides is 1. The van der Waals surface area contributed by atoms with Gasteiger partial charge in [0.15, 0.2) is 6.61 Å². The van der Waals surface area contributed by atoms with Gasteiger partial charge in [0.2, 0.25) is 0 Å². The summed E-state index contributed by atoms with van der Waals surface area (Å²) in [6, 6.07) is 7.03. The van der Waals surface area contributed by atoms with Crippen molar-refractivity contribution < 1.29 is 23.9 Å². The lowest BCUT2D eigenvalue weighted by atomic mass is 10.0. The van der Waals surface area contributed by atoms with E-state index in [2.05, 4.69) is 15.3 Å². The van der Waals surface area contributed by atoms with Gasteiger partial charge in [-0.1, -0.05) is 26.0 Å². The topological polar surface area (TPSA) is 127 Å². The highest BCUT2D eigenvalue weighted by Crippen LogP contribution is 2.31. The zero-order valence-corrected chi connectivity index (χ0v) is 20.8. The van der Waals surface area contributed by atoms with Gasteiger partial charge in [-0.25, -0.2) is 9.78 Å². The molecule has 0 radical (unpaired) electrons. The standard InChI is InChI=1S/C25H29N3O6S/c1-4-33-25(32)22-16(12-15(2)3)14-35-24(22)28-20(29)13-34-21(30)11-7-10-19-26-18-9-6-5-8-17(18)23(31)27-19/h5-6,8-9,14-15H,4,7,10-13H2,1-3H3,(H,28,29)(H,26,27,31). The molecule has 0 unspecified atom stereocenters. The van der Waals surface area contributed by atoms with E-state index in [4.69, 9.17) is 9.47 Å². The molecular weight excluding hydrogens is 470 g/mol. The number of aromatic nitrogens is 2. The molecule has 0 fully saturated rings. The Morgan fingerprint density at radius 2 is 1.94 bits per heavy atom. The van der Waals surface area contributed by atoms with Crippen molar-refractivity contribution >= 4 is 45.1 Å². The molecule has 0 saturated heterocycles. The Balaban J connectivity index is 1.50. The molecule has 0 saturated carbocycles. The zero-order chi connectivity index (χ0) is 25.4. The molecule has 0 aliphatic carbocycles. The van der Waals surface area contributed by atoms with Crippen LogP contribution >= 0.6 is 11.3 Å². The minimum Gasteiger partial charge on any atom is -0.462 e. The Morgan fingerprint density at radius 3 is 2.69 bits per heavy atom. The van der Waals surface area contributed by atoms with E-state index in [1.54, 1.807) is 31.2 Å². The van der Waals surface area contributed by atoms with Crippen LogP contribution in [0.5, 0.6) is 0 Å². The number of thiophene rings is 1. The van der Waals surface area contributed by atoms with E-state index in [0.717, 1.165) is 5.56 Å². The van der Waals surface area contributed by atoms with Gasteiger partial charge in [0.05, 0.1) is 23.1 Å². The number of aromatic amines is 1. The Labute approximate surface area is 206 Å². The second kappa shape index (κ2) is 12.3. The summed E-state index contributed by atoms with van der Waals surface area (Å²) in [6.07, 6.45) is 1.53. The summed E-state index contributed by atoms with van der Waals surface area (Å²) in [7, 11) is 0. The predicted molar refractivity (Wildman–Crippen MR) is 134 cm³/mol. The fraction of sp³-hybridized carbons (Fsp3) is 0.400. The van der Waals surface area contributed by atoms with Crippen molar-refractivity contribution in [2.24, 2.45) is 5.92 Å². The largest absolute Gasteiger partial charge is 0.462 e. The quantitative estimate of drug-likeness (QED) is 0.383. The highest BCUT2D eigenvalue weighted by atomic mass is 32.1. The molecule has 1 amide bonds. The van der Waals surface area contributed by atoms with Crippen LogP contribution in [-0.4, -0.2) is 41.0 Å². The van der Waals surface area contributed by atoms with Gasteiger partial charge in [0.25, 0.3) is 11.5 Å². The van der Waals surface area contributed by atoms with Crippen molar-refractivity contribution in [1.82, 2.24) is 9.97 Å². The number of para-hydroxylation sites is 1. The number of nitrogens with zero attached hydrogens (tertiary/aromatic N) is 1. The van der Waals surface area contributed by atoms with E-state index >= 15 is 0 Å². The fourth-order valence-corrected chi connectivity index (χ4v) is 4.52. The lowest BCUT2D eigenvalue weighted by Crippen LogP contribution is -2.22. The minimum absolute atomic E-state index is 0.0649. The zero-order valence-electron chi connectivity index (χ0n) is 20.0. The molecule has 186 valence electrons. The maximum absolute atomic E-state index is 12.4. The van der Waals surface area contributed by atoms with Crippen molar-refractivity contribution in [2.45, 2.75) is 46.5 Å². The molecule has 0 aliphatic rings. The average molecular weight is 500 g/mol. The third kappa shape index (κ3) is 7.22. The third-order valence-corrected chi connectivity index (χ3v) is 5.99. The van der Waals surface area contributed by atoms with Crippen LogP contribution in [0, 0.1) is 5.92 Å². The molecule has 0 bridgehead atoms. The van der Waals surface area contributed by atoms with Gasteiger partial charge in [0.1, 0.15) is 10.8 Å². The van der Waals surface area contributed by atoms with Gasteiger partial charge in [-0.3, -0.25) is 14.4 Å². The third-order valence-electron chi connectivity index (χ3n) is 5.05. The summed E-state index contributed by atoms with van der Waals surface area (Å²) < 4.78 is 10.2. The smallest absolute Gasteiger partial charge is 0.341 e. The number of ether oxygens (including phenoxy) is 2. The Hall–Kier alpha value is -3.53. The first-order chi connectivity index (χ1) is 16.8. The van der Waals surface area contributed by atoms with Crippen LogP contribution in [-0.2, 0) is 31.9 Å². The molecule has 35 heavy (non-hydrogen) atoms. The molecule has 1 aromatic carbocycles. The van der Waals surface area contributed by atoms with E-state index in [-0.39, 0.29) is 18.6 Å². The predicted octanol–water partition coefficient (Wildman–Crippen LogP) is 3.86. The average Bonchev–Trinajstić information content (AvgIpc) is 3.19. The van der Waals surface area contributed by atoms with Gasteiger partial charge < -0.3 is 19.8 Å². The molecule has 2 aromatic heterocycles. The van der Waals surface area contributed by atoms with Crippen LogP contribution in [0.15, 0.2) is 34.4 Å². The number of esters is 2. The molecule has 0 spiro atoms. The summed E-state index contributed by atoms with van der Waals surface area (Å²) in [4.78, 5) is 56.1. The molecule has 3 aromatic rings. The lowest BCUT2D eigenvalue weighted by molar-refractivity contribution is -0.147. The molecule has 3 rings (SSSR count). The maximum Gasteiger partial charge on any atom is 0.341 e. The van der Waals surface area contributed by atoms with Crippen molar-refractivity contribution in [1.29, 1.82) is 0 Å². The van der Waals surface area contributed by atoms with E-state index in [1.165, 1.54) is 11.3 Å². The van der Waals surface area contributed by atoms with Gasteiger partial charge in [-0.15, -0.1) is 11.3 Å². The summed E-state index contributed by atoms with van der Waals surface area (Å²) in [5, 5.41) is 5.38. The summed E-state index contributed by atoms with van der Waals surface area (Å²) in [6.45, 7) is 5.56. The molecule has 10 heteroatoms. The van der Waals surface area contributed by atoms with Crippen molar-refractivity contribution in [2.75, 3.05) is 18.5 Å². The van der Waals surface area contributed by atoms with E-state index < -0.39 is 24.5 Å². The number of aryl methyl sites for hydroxylation is 1.